The van der Waals surface area contributed by atoms with Gasteiger partial charge in [0, 0.05) is 24.0 Å². The first-order valence-corrected chi connectivity index (χ1v) is 7.85. The lowest BCUT2D eigenvalue weighted by atomic mass is 9.98. The van der Waals surface area contributed by atoms with E-state index in [9.17, 15) is 5.11 Å². The summed E-state index contributed by atoms with van der Waals surface area (Å²) in [5, 5.41) is 10.6. The standard InChI is InChI=1S/C19H22O3/c1-3-21-19-11-15-9-13(2)22-18(15)12-16(19)17(20)10-14-7-5-4-6-8-14/h4-8,11-13,17,20H,3,9-10H2,1-2H3. The minimum absolute atomic E-state index is 0.186. The molecule has 1 N–H and O–H groups in total. The quantitative estimate of drug-likeness (QED) is 0.915. The Labute approximate surface area is 131 Å². The van der Waals surface area contributed by atoms with Crippen molar-refractivity contribution in [2.45, 2.75) is 38.9 Å². The van der Waals surface area contributed by atoms with Crippen LogP contribution in [0.5, 0.6) is 11.5 Å². The average molecular weight is 298 g/mol. The van der Waals surface area contributed by atoms with Crippen LogP contribution >= 0.6 is 0 Å². The highest BCUT2D eigenvalue weighted by molar-refractivity contribution is 5.49. The van der Waals surface area contributed by atoms with E-state index in [0.29, 0.717) is 13.0 Å². The van der Waals surface area contributed by atoms with Gasteiger partial charge in [0.2, 0.25) is 0 Å². The van der Waals surface area contributed by atoms with Gasteiger partial charge in [-0.1, -0.05) is 30.3 Å². The van der Waals surface area contributed by atoms with Gasteiger partial charge in [-0.3, -0.25) is 0 Å². The summed E-state index contributed by atoms with van der Waals surface area (Å²) in [6, 6.07) is 14.0. The molecule has 0 spiro atoms. The molecule has 3 rings (SSSR count). The molecule has 0 amide bonds. The number of ether oxygens (including phenoxy) is 2. The minimum Gasteiger partial charge on any atom is -0.493 e. The lowest BCUT2D eigenvalue weighted by Crippen LogP contribution is -2.06. The maximum atomic E-state index is 10.6. The molecule has 0 saturated heterocycles. The summed E-state index contributed by atoms with van der Waals surface area (Å²) in [6.07, 6.45) is 1.04. The zero-order valence-corrected chi connectivity index (χ0v) is 13.1. The van der Waals surface area contributed by atoms with Crippen molar-refractivity contribution in [2.24, 2.45) is 0 Å². The van der Waals surface area contributed by atoms with Gasteiger partial charge in [-0.25, -0.2) is 0 Å². The van der Waals surface area contributed by atoms with Crippen LogP contribution in [0.4, 0.5) is 0 Å². The number of aliphatic hydroxyl groups is 1. The van der Waals surface area contributed by atoms with Gasteiger partial charge < -0.3 is 14.6 Å². The van der Waals surface area contributed by atoms with Crippen molar-refractivity contribution in [2.75, 3.05) is 6.61 Å². The summed E-state index contributed by atoms with van der Waals surface area (Å²) >= 11 is 0. The van der Waals surface area contributed by atoms with Crippen LogP contribution < -0.4 is 9.47 Å². The van der Waals surface area contributed by atoms with E-state index in [1.54, 1.807) is 0 Å². The number of fused-ring (bicyclic) bond motifs is 1. The van der Waals surface area contributed by atoms with Crippen LogP contribution in [0, 0.1) is 0 Å². The molecular weight excluding hydrogens is 276 g/mol. The van der Waals surface area contributed by atoms with Gasteiger partial charge in [-0.15, -0.1) is 0 Å². The van der Waals surface area contributed by atoms with Gasteiger partial charge >= 0.3 is 0 Å². The van der Waals surface area contributed by atoms with Crippen molar-refractivity contribution in [3.63, 3.8) is 0 Å². The third-order valence-electron chi connectivity index (χ3n) is 3.96. The molecule has 2 atom stereocenters. The van der Waals surface area contributed by atoms with Gasteiger partial charge in [0.15, 0.2) is 0 Å². The Morgan fingerprint density at radius 3 is 2.77 bits per heavy atom. The van der Waals surface area contributed by atoms with E-state index in [-0.39, 0.29) is 6.10 Å². The average Bonchev–Trinajstić information content (AvgIpc) is 2.87. The maximum Gasteiger partial charge on any atom is 0.125 e. The Morgan fingerprint density at radius 2 is 2.05 bits per heavy atom. The number of hydrogen-bond acceptors (Lipinski definition) is 3. The van der Waals surface area contributed by atoms with Gasteiger partial charge in [0.25, 0.3) is 0 Å². The summed E-state index contributed by atoms with van der Waals surface area (Å²) in [6.45, 7) is 4.60. The van der Waals surface area contributed by atoms with Gasteiger partial charge in [-0.2, -0.15) is 0 Å². The van der Waals surface area contributed by atoms with Crippen LogP contribution in [0.25, 0.3) is 0 Å². The van der Waals surface area contributed by atoms with E-state index in [1.807, 2.05) is 49.4 Å². The van der Waals surface area contributed by atoms with E-state index in [4.69, 9.17) is 9.47 Å². The van der Waals surface area contributed by atoms with E-state index < -0.39 is 6.10 Å². The zero-order chi connectivity index (χ0) is 15.5. The SMILES string of the molecule is CCOc1cc2c(cc1C(O)Cc1ccccc1)OC(C)C2. The van der Waals surface area contributed by atoms with E-state index in [1.165, 1.54) is 0 Å². The largest absolute Gasteiger partial charge is 0.493 e. The second-order valence-electron chi connectivity index (χ2n) is 5.77. The predicted octanol–water partition coefficient (Wildman–Crippen LogP) is 3.68. The molecule has 116 valence electrons. The minimum atomic E-state index is -0.603. The molecule has 0 aromatic heterocycles. The first-order chi connectivity index (χ1) is 10.7. The molecule has 2 unspecified atom stereocenters. The van der Waals surface area contributed by atoms with Crippen LogP contribution in [-0.4, -0.2) is 17.8 Å². The van der Waals surface area contributed by atoms with Crippen molar-refractivity contribution >= 4 is 0 Å². The molecule has 1 aliphatic heterocycles. The number of benzene rings is 2. The maximum absolute atomic E-state index is 10.6. The molecule has 2 aromatic rings. The van der Waals surface area contributed by atoms with Crippen LogP contribution in [0.2, 0.25) is 0 Å². The summed E-state index contributed by atoms with van der Waals surface area (Å²) in [5.41, 5.74) is 3.07. The molecule has 1 aliphatic rings. The molecule has 3 nitrogen and oxygen atoms in total. The molecule has 3 heteroatoms. The Bertz CT molecular complexity index is 637. The molecule has 0 aliphatic carbocycles. The van der Waals surface area contributed by atoms with Gasteiger partial charge in [0.1, 0.15) is 17.6 Å². The molecule has 0 bridgehead atoms. The first-order valence-electron chi connectivity index (χ1n) is 7.85. The smallest absolute Gasteiger partial charge is 0.125 e. The van der Waals surface area contributed by atoms with Crippen LogP contribution in [0.15, 0.2) is 42.5 Å². The molecular formula is C19H22O3. The molecule has 0 radical (unpaired) electrons. The summed E-state index contributed by atoms with van der Waals surface area (Å²) in [5.74, 6) is 1.64. The number of hydrogen-bond donors (Lipinski definition) is 1. The fourth-order valence-corrected chi connectivity index (χ4v) is 2.94. The van der Waals surface area contributed by atoms with Crippen LogP contribution in [-0.2, 0) is 12.8 Å². The fourth-order valence-electron chi connectivity index (χ4n) is 2.94. The highest BCUT2D eigenvalue weighted by atomic mass is 16.5. The summed E-state index contributed by atoms with van der Waals surface area (Å²) in [7, 11) is 0. The lowest BCUT2D eigenvalue weighted by molar-refractivity contribution is 0.171. The highest BCUT2D eigenvalue weighted by Crippen LogP contribution is 2.38. The third kappa shape index (κ3) is 3.09. The molecule has 22 heavy (non-hydrogen) atoms. The van der Waals surface area contributed by atoms with Crippen LogP contribution in [0.1, 0.15) is 36.6 Å². The van der Waals surface area contributed by atoms with Gasteiger partial charge in [-0.05, 0) is 31.5 Å². The van der Waals surface area contributed by atoms with Crippen molar-refractivity contribution < 1.29 is 14.6 Å². The van der Waals surface area contributed by atoms with E-state index >= 15 is 0 Å². The third-order valence-corrected chi connectivity index (χ3v) is 3.96. The van der Waals surface area contributed by atoms with Crippen molar-refractivity contribution in [3.05, 3.63) is 59.2 Å². The lowest BCUT2D eigenvalue weighted by Gasteiger charge is -2.17. The van der Waals surface area contributed by atoms with E-state index in [2.05, 4.69) is 6.92 Å². The monoisotopic (exact) mass is 298 g/mol. The second kappa shape index (κ2) is 6.41. The van der Waals surface area contributed by atoms with Crippen LogP contribution in [0.3, 0.4) is 0 Å². The van der Waals surface area contributed by atoms with Crippen molar-refractivity contribution in [1.29, 1.82) is 0 Å². The first kappa shape index (κ1) is 14.9. The Hall–Kier alpha value is -2.00. The summed E-state index contributed by atoms with van der Waals surface area (Å²) < 4.78 is 11.6. The Morgan fingerprint density at radius 1 is 1.27 bits per heavy atom. The normalized spacial score (nSPS) is 17.7. The topological polar surface area (TPSA) is 38.7 Å². The fraction of sp³-hybridized carbons (Fsp3) is 0.368. The van der Waals surface area contributed by atoms with Crippen molar-refractivity contribution in [3.8, 4) is 11.5 Å². The number of aliphatic hydroxyl groups excluding tert-OH is 1. The highest BCUT2D eigenvalue weighted by Gasteiger charge is 2.24. The van der Waals surface area contributed by atoms with Gasteiger partial charge in [0.05, 0.1) is 12.7 Å². The Kier molecular flexibility index (Phi) is 4.34. The second-order valence-corrected chi connectivity index (χ2v) is 5.77. The Balaban J connectivity index is 1.89. The van der Waals surface area contributed by atoms with Crippen molar-refractivity contribution in [1.82, 2.24) is 0 Å². The molecule has 1 heterocycles. The molecule has 0 fully saturated rings. The number of rotatable bonds is 5. The molecule has 0 saturated carbocycles. The molecule has 2 aromatic carbocycles. The predicted molar refractivity (Wildman–Crippen MR) is 86.5 cm³/mol. The summed E-state index contributed by atoms with van der Waals surface area (Å²) in [4.78, 5) is 0. The van der Waals surface area contributed by atoms with E-state index in [0.717, 1.165) is 34.6 Å². The zero-order valence-electron chi connectivity index (χ0n) is 13.1.